The Morgan fingerprint density at radius 3 is 2.50 bits per heavy atom. The standard InChI is InChI=1S/C13H17N3O4/c17-8-7-15-3-5-16(6-4-15)12(18)10-1-2-14-9-11(10)13(19)20/h1-2,9,17H,3-8H2,(H,19,20). The Bertz CT molecular complexity index is 498. The first-order valence-corrected chi connectivity index (χ1v) is 6.43. The zero-order valence-electron chi connectivity index (χ0n) is 11.0. The van der Waals surface area contributed by atoms with Gasteiger partial charge < -0.3 is 15.1 Å². The third-order valence-corrected chi connectivity index (χ3v) is 3.36. The maximum Gasteiger partial charge on any atom is 0.338 e. The highest BCUT2D eigenvalue weighted by Crippen LogP contribution is 2.12. The molecule has 0 saturated carbocycles. The summed E-state index contributed by atoms with van der Waals surface area (Å²) in [5.74, 6) is -1.44. The summed E-state index contributed by atoms with van der Waals surface area (Å²) < 4.78 is 0. The molecule has 7 nitrogen and oxygen atoms in total. The summed E-state index contributed by atoms with van der Waals surface area (Å²) in [5, 5.41) is 18.0. The largest absolute Gasteiger partial charge is 0.478 e. The van der Waals surface area contributed by atoms with Gasteiger partial charge in [-0.2, -0.15) is 0 Å². The quantitative estimate of drug-likeness (QED) is 0.774. The number of carbonyl (C=O) groups is 2. The van der Waals surface area contributed by atoms with Crippen molar-refractivity contribution in [1.82, 2.24) is 14.8 Å². The molecule has 20 heavy (non-hydrogen) atoms. The van der Waals surface area contributed by atoms with Crippen LogP contribution >= 0.6 is 0 Å². The molecule has 2 rings (SSSR count). The van der Waals surface area contributed by atoms with Gasteiger partial charge in [0.05, 0.1) is 17.7 Å². The lowest BCUT2D eigenvalue weighted by molar-refractivity contribution is 0.0597. The number of β-amino-alcohol motifs (C(OH)–C–C–N with tert-alkyl or cyclic N) is 1. The average molecular weight is 279 g/mol. The van der Waals surface area contributed by atoms with Crippen LogP contribution in [0.15, 0.2) is 18.5 Å². The summed E-state index contributed by atoms with van der Waals surface area (Å²) in [6, 6.07) is 1.44. The fraction of sp³-hybridized carbons (Fsp3) is 0.462. The molecule has 0 atom stereocenters. The van der Waals surface area contributed by atoms with E-state index in [0.717, 1.165) is 0 Å². The summed E-state index contributed by atoms with van der Waals surface area (Å²) in [4.78, 5) is 30.9. The predicted molar refractivity (Wildman–Crippen MR) is 70.6 cm³/mol. The minimum Gasteiger partial charge on any atom is -0.478 e. The van der Waals surface area contributed by atoms with Crippen molar-refractivity contribution in [3.63, 3.8) is 0 Å². The topological polar surface area (TPSA) is 94.0 Å². The van der Waals surface area contributed by atoms with Gasteiger partial charge in [0.25, 0.3) is 5.91 Å². The van der Waals surface area contributed by atoms with Crippen molar-refractivity contribution in [2.45, 2.75) is 0 Å². The van der Waals surface area contributed by atoms with Crippen molar-refractivity contribution in [2.75, 3.05) is 39.3 Å². The number of pyridine rings is 1. The predicted octanol–water partition coefficient (Wildman–Crippen LogP) is -0.470. The van der Waals surface area contributed by atoms with E-state index in [9.17, 15) is 9.59 Å². The number of hydrogen-bond donors (Lipinski definition) is 2. The van der Waals surface area contributed by atoms with E-state index in [4.69, 9.17) is 10.2 Å². The van der Waals surface area contributed by atoms with Crippen LogP contribution in [0.1, 0.15) is 20.7 Å². The summed E-state index contributed by atoms with van der Waals surface area (Å²) in [6.07, 6.45) is 2.61. The fourth-order valence-electron chi connectivity index (χ4n) is 2.24. The Morgan fingerprint density at radius 2 is 1.90 bits per heavy atom. The number of carbonyl (C=O) groups excluding carboxylic acids is 1. The molecule has 1 amide bonds. The molecule has 2 N–H and O–H groups in total. The molecule has 0 bridgehead atoms. The number of hydrogen-bond acceptors (Lipinski definition) is 5. The minimum atomic E-state index is -1.15. The first-order chi connectivity index (χ1) is 9.63. The molecule has 1 fully saturated rings. The van der Waals surface area contributed by atoms with Crippen LogP contribution in [-0.2, 0) is 0 Å². The van der Waals surface area contributed by atoms with Gasteiger partial charge in [-0.15, -0.1) is 0 Å². The third kappa shape index (κ3) is 3.12. The van der Waals surface area contributed by atoms with E-state index in [1.807, 2.05) is 0 Å². The number of aliphatic hydroxyl groups excluding tert-OH is 1. The molecule has 1 aromatic rings. The highest BCUT2D eigenvalue weighted by molar-refractivity contribution is 6.04. The highest BCUT2D eigenvalue weighted by atomic mass is 16.4. The van der Waals surface area contributed by atoms with E-state index < -0.39 is 5.97 Å². The van der Waals surface area contributed by atoms with Crippen LogP contribution in [0.3, 0.4) is 0 Å². The van der Waals surface area contributed by atoms with Crippen molar-refractivity contribution in [3.05, 3.63) is 29.6 Å². The van der Waals surface area contributed by atoms with Crippen LogP contribution in [0.25, 0.3) is 0 Å². The molecule has 1 aliphatic heterocycles. The molecular weight excluding hydrogens is 262 g/mol. The maximum absolute atomic E-state index is 12.4. The molecule has 0 radical (unpaired) electrons. The van der Waals surface area contributed by atoms with E-state index >= 15 is 0 Å². The lowest BCUT2D eigenvalue weighted by Gasteiger charge is -2.34. The number of amides is 1. The van der Waals surface area contributed by atoms with E-state index in [1.165, 1.54) is 18.5 Å². The van der Waals surface area contributed by atoms with E-state index in [1.54, 1.807) is 4.90 Å². The fourth-order valence-corrected chi connectivity index (χ4v) is 2.24. The van der Waals surface area contributed by atoms with Gasteiger partial charge in [0.2, 0.25) is 0 Å². The maximum atomic E-state index is 12.4. The van der Waals surface area contributed by atoms with Crippen LogP contribution < -0.4 is 0 Å². The Hall–Kier alpha value is -1.99. The summed E-state index contributed by atoms with van der Waals surface area (Å²) in [6.45, 7) is 3.11. The summed E-state index contributed by atoms with van der Waals surface area (Å²) in [7, 11) is 0. The number of aromatic nitrogens is 1. The number of piperazine rings is 1. The molecule has 1 aliphatic rings. The van der Waals surface area contributed by atoms with Gasteiger partial charge in [-0.05, 0) is 6.07 Å². The van der Waals surface area contributed by atoms with Gasteiger partial charge in [0.15, 0.2) is 0 Å². The molecule has 0 aliphatic carbocycles. The zero-order chi connectivity index (χ0) is 14.5. The Morgan fingerprint density at radius 1 is 1.20 bits per heavy atom. The second-order valence-corrected chi connectivity index (χ2v) is 4.58. The molecule has 7 heteroatoms. The van der Waals surface area contributed by atoms with Gasteiger partial charge in [-0.1, -0.05) is 0 Å². The van der Waals surface area contributed by atoms with E-state index in [0.29, 0.717) is 32.7 Å². The van der Waals surface area contributed by atoms with E-state index in [-0.39, 0.29) is 23.6 Å². The molecule has 1 saturated heterocycles. The summed E-state index contributed by atoms with van der Waals surface area (Å²) >= 11 is 0. The average Bonchev–Trinajstić information content (AvgIpc) is 2.47. The smallest absolute Gasteiger partial charge is 0.338 e. The second-order valence-electron chi connectivity index (χ2n) is 4.58. The number of aliphatic hydroxyl groups is 1. The van der Waals surface area contributed by atoms with Gasteiger partial charge >= 0.3 is 5.97 Å². The number of aromatic carboxylic acids is 1. The first kappa shape index (κ1) is 14.4. The highest BCUT2D eigenvalue weighted by Gasteiger charge is 2.25. The molecule has 1 aromatic heterocycles. The Kier molecular flexibility index (Phi) is 4.65. The van der Waals surface area contributed by atoms with Crippen LogP contribution in [-0.4, -0.2) is 76.2 Å². The number of nitrogens with zero attached hydrogens (tertiary/aromatic N) is 3. The molecule has 2 heterocycles. The van der Waals surface area contributed by atoms with Crippen molar-refractivity contribution >= 4 is 11.9 Å². The number of carboxylic acids is 1. The molecule has 0 unspecified atom stereocenters. The van der Waals surface area contributed by atoms with Crippen molar-refractivity contribution in [3.8, 4) is 0 Å². The molecule has 0 spiro atoms. The van der Waals surface area contributed by atoms with Gasteiger partial charge in [0.1, 0.15) is 0 Å². The first-order valence-electron chi connectivity index (χ1n) is 6.43. The second kappa shape index (κ2) is 6.44. The van der Waals surface area contributed by atoms with Crippen LogP contribution in [0.4, 0.5) is 0 Å². The van der Waals surface area contributed by atoms with Crippen molar-refractivity contribution in [1.29, 1.82) is 0 Å². The SMILES string of the molecule is O=C(O)c1cnccc1C(=O)N1CCN(CCO)CC1. The van der Waals surface area contributed by atoms with Crippen molar-refractivity contribution in [2.24, 2.45) is 0 Å². The lowest BCUT2D eigenvalue weighted by atomic mass is 10.1. The minimum absolute atomic E-state index is 0.0738. The summed E-state index contributed by atoms with van der Waals surface area (Å²) in [5.41, 5.74) is 0.0957. The molecule has 108 valence electrons. The Balaban J connectivity index is 2.08. The monoisotopic (exact) mass is 279 g/mol. The normalized spacial score (nSPS) is 16.1. The lowest BCUT2D eigenvalue weighted by Crippen LogP contribution is -2.49. The zero-order valence-corrected chi connectivity index (χ0v) is 11.0. The van der Waals surface area contributed by atoms with Crippen LogP contribution in [0, 0.1) is 0 Å². The van der Waals surface area contributed by atoms with Crippen molar-refractivity contribution < 1.29 is 19.8 Å². The molecule has 0 aromatic carbocycles. The van der Waals surface area contributed by atoms with Gasteiger partial charge in [0, 0.05) is 45.1 Å². The Labute approximate surface area is 116 Å². The molecular formula is C13H17N3O4. The number of rotatable bonds is 4. The van der Waals surface area contributed by atoms with Crippen LogP contribution in [0.5, 0.6) is 0 Å². The number of carboxylic acid groups (broad SMARTS) is 1. The third-order valence-electron chi connectivity index (χ3n) is 3.36. The van der Waals surface area contributed by atoms with Gasteiger partial charge in [-0.25, -0.2) is 4.79 Å². The van der Waals surface area contributed by atoms with E-state index in [2.05, 4.69) is 9.88 Å². The van der Waals surface area contributed by atoms with Crippen LogP contribution in [0.2, 0.25) is 0 Å². The van der Waals surface area contributed by atoms with Gasteiger partial charge in [-0.3, -0.25) is 14.7 Å².